The number of nitrogens with zero attached hydrogens (tertiary/aromatic N) is 4. The molecule has 0 saturated heterocycles. The Hall–Kier alpha value is -3.45. The van der Waals surface area contributed by atoms with Crippen LogP contribution in [0.4, 0.5) is 10.2 Å². The normalized spacial score (nSPS) is 16.3. The van der Waals surface area contributed by atoms with E-state index in [2.05, 4.69) is 35.9 Å². The fourth-order valence-electron chi connectivity index (χ4n) is 4.49. The van der Waals surface area contributed by atoms with E-state index in [1.165, 1.54) is 11.9 Å². The summed E-state index contributed by atoms with van der Waals surface area (Å²) in [5.41, 5.74) is 4.99. The van der Waals surface area contributed by atoms with Crippen molar-refractivity contribution in [2.24, 2.45) is 0 Å². The molecule has 148 valence electrons. The molecule has 8 heteroatoms. The first kappa shape index (κ1) is 17.4. The van der Waals surface area contributed by atoms with E-state index >= 15 is 4.39 Å². The molecule has 1 unspecified atom stereocenters. The number of H-pyrrole nitrogens is 2. The van der Waals surface area contributed by atoms with Crippen molar-refractivity contribution in [3.8, 4) is 0 Å². The summed E-state index contributed by atoms with van der Waals surface area (Å²) >= 11 is 6.16. The average molecular weight is 419 g/mol. The Morgan fingerprint density at radius 1 is 1.07 bits per heavy atom. The maximum atomic E-state index is 15.3. The summed E-state index contributed by atoms with van der Waals surface area (Å²) in [6.07, 6.45) is 3.89. The van der Waals surface area contributed by atoms with Gasteiger partial charge in [0.25, 0.3) is 0 Å². The van der Waals surface area contributed by atoms with Gasteiger partial charge in [-0.05, 0) is 24.1 Å². The lowest BCUT2D eigenvalue weighted by Gasteiger charge is -2.37. The van der Waals surface area contributed by atoms with Crippen molar-refractivity contribution < 1.29 is 4.39 Å². The number of nitrogens with one attached hydrogen (secondary N) is 2. The van der Waals surface area contributed by atoms with Crippen LogP contribution >= 0.6 is 11.6 Å². The first-order chi connectivity index (χ1) is 14.7. The largest absolute Gasteiger partial charge is 0.356 e. The van der Waals surface area contributed by atoms with Crippen LogP contribution in [0.25, 0.3) is 22.1 Å². The molecule has 0 amide bonds. The van der Waals surface area contributed by atoms with Crippen molar-refractivity contribution in [3.05, 3.63) is 82.8 Å². The fraction of sp³-hybridized carbons (Fsp3) is 0.136. The number of hydrogen-bond acceptors (Lipinski definition) is 4. The number of anilines is 1. The first-order valence-electron chi connectivity index (χ1n) is 9.66. The molecule has 0 fully saturated rings. The number of rotatable bonds is 2. The third-order valence-electron chi connectivity index (χ3n) is 5.79. The van der Waals surface area contributed by atoms with Gasteiger partial charge in [-0.1, -0.05) is 41.9 Å². The maximum absolute atomic E-state index is 15.3. The zero-order chi connectivity index (χ0) is 20.2. The van der Waals surface area contributed by atoms with Crippen LogP contribution in [0.5, 0.6) is 0 Å². The molecule has 30 heavy (non-hydrogen) atoms. The molecule has 4 heterocycles. The SMILES string of the molecule is Fc1c(Cl)cccc1C1c2[nH]c3ccccc3c2CCN1c1ncnc2nc[nH]c12. The molecule has 0 bridgehead atoms. The van der Waals surface area contributed by atoms with Gasteiger partial charge >= 0.3 is 0 Å². The maximum Gasteiger partial charge on any atom is 0.182 e. The Balaban J connectivity index is 1.63. The minimum absolute atomic E-state index is 0.102. The Bertz CT molecular complexity index is 1410. The van der Waals surface area contributed by atoms with E-state index in [1.54, 1.807) is 24.5 Å². The minimum atomic E-state index is -0.421. The van der Waals surface area contributed by atoms with Gasteiger partial charge in [0.2, 0.25) is 0 Å². The molecule has 1 aliphatic rings. The van der Waals surface area contributed by atoms with Gasteiger partial charge in [0, 0.05) is 28.7 Å². The monoisotopic (exact) mass is 418 g/mol. The molecular formula is C22H16ClFN6. The average Bonchev–Trinajstić information content (AvgIpc) is 3.39. The molecule has 5 aromatic rings. The van der Waals surface area contributed by atoms with Gasteiger partial charge in [0.05, 0.1) is 17.4 Å². The highest BCUT2D eigenvalue weighted by Gasteiger charge is 2.35. The molecule has 0 aliphatic carbocycles. The van der Waals surface area contributed by atoms with Gasteiger partial charge in [0.1, 0.15) is 17.7 Å². The highest BCUT2D eigenvalue weighted by Crippen LogP contribution is 2.42. The smallest absolute Gasteiger partial charge is 0.182 e. The topological polar surface area (TPSA) is 73.5 Å². The number of aromatic amines is 2. The standard InChI is InChI=1S/C22H16ClFN6/c23-15-6-3-5-14(17(15)24)20-18-13(12-4-1-2-7-16(12)29-18)8-9-30(20)22-19-21(26-10-25-19)27-11-28-22/h1-7,10-11,20,29H,8-9H2,(H,25,26,27,28). The number of para-hydroxylation sites is 1. The van der Waals surface area contributed by atoms with Crippen molar-refractivity contribution in [2.75, 3.05) is 11.4 Å². The Morgan fingerprint density at radius 3 is 2.90 bits per heavy atom. The third kappa shape index (κ3) is 2.45. The summed E-state index contributed by atoms with van der Waals surface area (Å²) < 4.78 is 15.3. The van der Waals surface area contributed by atoms with E-state index in [0.717, 1.165) is 28.5 Å². The second-order valence-electron chi connectivity index (χ2n) is 7.35. The van der Waals surface area contributed by atoms with Crippen molar-refractivity contribution >= 4 is 39.5 Å². The van der Waals surface area contributed by atoms with E-state index in [0.29, 0.717) is 23.6 Å². The Kier molecular flexibility index (Phi) is 3.79. The third-order valence-corrected chi connectivity index (χ3v) is 6.08. The van der Waals surface area contributed by atoms with Crippen molar-refractivity contribution in [1.29, 1.82) is 0 Å². The van der Waals surface area contributed by atoms with Crippen LogP contribution in [0.1, 0.15) is 22.9 Å². The summed E-state index contributed by atoms with van der Waals surface area (Å²) in [5, 5.41) is 1.26. The second kappa shape index (κ2) is 6.53. The Labute approximate surface area is 175 Å². The van der Waals surface area contributed by atoms with E-state index in [1.807, 2.05) is 18.2 Å². The van der Waals surface area contributed by atoms with Gasteiger partial charge in [-0.3, -0.25) is 0 Å². The van der Waals surface area contributed by atoms with Gasteiger partial charge < -0.3 is 14.9 Å². The van der Waals surface area contributed by atoms with Gasteiger partial charge in [-0.15, -0.1) is 0 Å². The van der Waals surface area contributed by atoms with Gasteiger partial charge in [-0.25, -0.2) is 19.3 Å². The predicted molar refractivity (Wildman–Crippen MR) is 114 cm³/mol. The van der Waals surface area contributed by atoms with Crippen LogP contribution in [0.3, 0.4) is 0 Å². The van der Waals surface area contributed by atoms with Gasteiger partial charge in [0.15, 0.2) is 11.5 Å². The zero-order valence-electron chi connectivity index (χ0n) is 15.7. The van der Waals surface area contributed by atoms with Crippen LogP contribution < -0.4 is 4.90 Å². The highest BCUT2D eigenvalue weighted by molar-refractivity contribution is 6.30. The van der Waals surface area contributed by atoms with Crippen LogP contribution in [-0.2, 0) is 6.42 Å². The summed E-state index contributed by atoms with van der Waals surface area (Å²) in [7, 11) is 0. The first-order valence-corrected chi connectivity index (χ1v) is 10.0. The second-order valence-corrected chi connectivity index (χ2v) is 7.76. The lowest BCUT2D eigenvalue weighted by molar-refractivity contribution is 0.567. The quantitative estimate of drug-likeness (QED) is 0.432. The predicted octanol–water partition coefficient (Wildman–Crippen LogP) is 4.78. The van der Waals surface area contributed by atoms with E-state index in [4.69, 9.17) is 11.6 Å². The molecule has 1 aliphatic heterocycles. The Morgan fingerprint density at radius 2 is 1.97 bits per heavy atom. The summed E-state index contributed by atoms with van der Waals surface area (Å²) in [6, 6.07) is 12.9. The van der Waals surface area contributed by atoms with Crippen LogP contribution in [0.2, 0.25) is 5.02 Å². The fourth-order valence-corrected chi connectivity index (χ4v) is 4.68. The number of fused-ring (bicyclic) bond motifs is 4. The number of hydrogen-bond donors (Lipinski definition) is 2. The lowest BCUT2D eigenvalue weighted by Crippen LogP contribution is -2.37. The number of aromatic nitrogens is 5. The summed E-state index contributed by atoms with van der Waals surface area (Å²) in [5.74, 6) is 0.266. The summed E-state index contributed by atoms with van der Waals surface area (Å²) in [4.78, 5) is 21.8. The van der Waals surface area contributed by atoms with Crippen molar-refractivity contribution in [1.82, 2.24) is 24.9 Å². The molecule has 0 saturated carbocycles. The van der Waals surface area contributed by atoms with Crippen molar-refractivity contribution in [2.45, 2.75) is 12.5 Å². The molecule has 3 aromatic heterocycles. The van der Waals surface area contributed by atoms with Crippen LogP contribution in [0.15, 0.2) is 55.1 Å². The lowest BCUT2D eigenvalue weighted by atomic mass is 9.92. The molecular weight excluding hydrogens is 403 g/mol. The van der Waals surface area contributed by atoms with E-state index in [-0.39, 0.29) is 5.02 Å². The molecule has 2 N–H and O–H groups in total. The zero-order valence-corrected chi connectivity index (χ0v) is 16.5. The van der Waals surface area contributed by atoms with Crippen LogP contribution in [0, 0.1) is 5.82 Å². The van der Waals surface area contributed by atoms with Crippen molar-refractivity contribution in [3.63, 3.8) is 0 Å². The van der Waals surface area contributed by atoms with E-state index in [9.17, 15) is 0 Å². The van der Waals surface area contributed by atoms with Gasteiger partial charge in [-0.2, -0.15) is 0 Å². The molecule has 6 rings (SSSR count). The number of imidazole rings is 1. The number of halogens is 2. The van der Waals surface area contributed by atoms with Crippen LogP contribution in [-0.4, -0.2) is 31.5 Å². The van der Waals surface area contributed by atoms with E-state index < -0.39 is 11.9 Å². The minimum Gasteiger partial charge on any atom is -0.356 e. The molecule has 0 radical (unpaired) electrons. The molecule has 6 nitrogen and oxygen atoms in total. The molecule has 0 spiro atoms. The number of benzene rings is 2. The molecule has 2 aromatic carbocycles. The highest BCUT2D eigenvalue weighted by atomic mass is 35.5. The molecule has 1 atom stereocenters. The summed E-state index contributed by atoms with van der Waals surface area (Å²) in [6.45, 7) is 0.663.